The Morgan fingerprint density at radius 1 is 1.21 bits per heavy atom. The number of hydrogen-bond donors (Lipinski definition) is 1. The second-order valence-electron chi connectivity index (χ2n) is 6.60. The van der Waals surface area contributed by atoms with Gasteiger partial charge in [0.15, 0.2) is 0 Å². The smallest absolute Gasteiger partial charge is 0.146 e. The number of phenols is 1. The summed E-state index contributed by atoms with van der Waals surface area (Å²) < 4.78 is 6.15. The molecule has 1 atom stereocenters. The lowest BCUT2D eigenvalue weighted by atomic mass is 10.0. The first-order chi connectivity index (χ1) is 11.5. The van der Waals surface area contributed by atoms with E-state index in [9.17, 15) is 5.11 Å². The molecule has 3 heteroatoms. The Morgan fingerprint density at radius 3 is 2.58 bits per heavy atom. The maximum absolute atomic E-state index is 9.77. The van der Waals surface area contributed by atoms with E-state index in [1.165, 1.54) is 11.1 Å². The van der Waals surface area contributed by atoms with Crippen LogP contribution in [0.1, 0.15) is 25.0 Å². The number of benzene rings is 2. The van der Waals surface area contributed by atoms with E-state index in [4.69, 9.17) is 4.74 Å². The van der Waals surface area contributed by atoms with Crippen molar-refractivity contribution in [1.29, 1.82) is 0 Å². The number of aromatic hydroxyl groups is 1. The fourth-order valence-electron chi connectivity index (χ4n) is 3.18. The minimum atomic E-state index is 0.0612. The second-order valence-corrected chi connectivity index (χ2v) is 6.60. The van der Waals surface area contributed by atoms with Crippen LogP contribution in [0.3, 0.4) is 0 Å². The lowest BCUT2D eigenvalue weighted by Gasteiger charge is -2.36. The third-order valence-corrected chi connectivity index (χ3v) is 4.36. The molecule has 1 aliphatic rings. The molecule has 0 saturated carbocycles. The lowest BCUT2D eigenvalue weighted by molar-refractivity contribution is 0.194. The number of nitrogens with zero attached hydrogens (tertiary/aromatic N) is 1. The number of rotatable bonds is 5. The van der Waals surface area contributed by atoms with Crippen LogP contribution in [0.25, 0.3) is 0 Å². The zero-order valence-corrected chi connectivity index (χ0v) is 14.5. The van der Waals surface area contributed by atoms with Crippen molar-refractivity contribution in [3.05, 3.63) is 65.7 Å². The van der Waals surface area contributed by atoms with Crippen LogP contribution in [0.2, 0.25) is 0 Å². The molecule has 1 unspecified atom stereocenters. The Morgan fingerprint density at radius 2 is 1.92 bits per heavy atom. The van der Waals surface area contributed by atoms with Gasteiger partial charge in [-0.15, -0.1) is 0 Å². The first kappa shape index (κ1) is 16.4. The first-order valence-electron chi connectivity index (χ1n) is 8.52. The lowest BCUT2D eigenvalue weighted by Crippen LogP contribution is -2.41. The summed E-state index contributed by atoms with van der Waals surface area (Å²) in [7, 11) is 0. The summed E-state index contributed by atoms with van der Waals surface area (Å²) in [6.45, 7) is 9.85. The molecule has 2 aromatic carbocycles. The Kier molecular flexibility index (Phi) is 4.79. The highest BCUT2D eigenvalue weighted by molar-refractivity contribution is 5.63. The van der Waals surface area contributed by atoms with Gasteiger partial charge in [0.05, 0.1) is 12.2 Å². The van der Waals surface area contributed by atoms with E-state index in [0.29, 0.717) is 0 Å². The molecule has 1 N–H and O–H groups in total. The summed E-state index contributed by atoms with van der Waals surface area (Å²) in [5.41, 5.74) is 4.76. The fourth-order valence-corrected chi connectivity index (χ4v) is 3.18. The molecule has 0 bridgehead atoms. The van der Waals surface area contributed by atoms with Gasteiger partial charge in [0.1, 0.15) is 17.6 Å². The average Bonchev–Trinajstić information content (AvgIpc) is 2.54. The molecule has 24 heavy (non-hydrogen) atoms. The third-order valence-electron chi connectivity index (χ3n) is 4.36. The maximum atomic E-state index is 9.77. The van der Waals surface area contributed by atoms with Gasteiger partial charge in [-0.3, -0.25) is 0 Å². The highest BCUT2D eigenvalue weighted by Crippen LogP contribution is 2.37. The van der Waals surface area contributed by atoms with Crippen molar-refractivity contribution in [3.8, 4) is 11.5 Å². The predicted octanol–water partition coefficient (Wildman–Crippen LogP) is 4.34. The molecule has 0 fully saturated rings. The van der Waals surface area contributed by atoms with Crippen LogP contribution in [0.5, 0.6) is 11.5 Å². The van der Waals surface area contributed by atoms with Gasteiger partial charge in [0, 0.05) is 19.0 Å². The van der Waals surface area contributed by atoms with Gasteiger partial charge in [-0.2, -0.15) is 0 Å². The van der Waals surface area contributed by atoms with Crippen LogP contribution >= 0.6 is 0 Å². The molecule has 3 rings (SSSR count). The van der Waals surface area contributed by atoms with E-state index >= 15 is 0 Å². The molecule has 0 saturated heterocycles. The molecule has 2 aromatic rings. The number of phenolic OH excluding ortho intramolecular Hbond substituents is 1. The zero-order chi connectivity index (χ0) is 17.1. The Hall–Kier alpha value is -2.42. The molecule has 3 nitrogen and oxygen atoms in total. The van der Waals surface area contributed by atoms with Crippen LogP contribution in [-0.4, -0.2) is 24.3 Å². The van der Waals surface area contributed by atoms with Gasteiger partial charge in [0.2, 0.25) is 0 Å². The summed E-state index contributed by atoms with van der Waals surface area (Å²) >= 11 is 0. The topological polar surface area (TPSA) is 32.7 Å². The van der Waals surface area contributed by atoms with E-state index in [1.54, 1.807) is 12.1 Å². The van der Waals surface area contributed by atoms with Gasteiger partial charge >= 0.3 is 0 Å². The minimum Gasteiger partial charge on any atom is -0.508 e. The van der Waals surface area contributed by atoms with Crippen LogP contribution < -0.4 is 9.64 Å². The van der Waals surface area contributed by atoms with E-state index in [1.807, 2.05) is 13.0 Å². The number of ether oxygens (including phenoxy) is 1. The van der Waals surface area contributed by atoms with Crippen molar-refractivity contribution in [2.45, 2.75) is 32.8 Å². The van der Waals surface area contributed by atoms with Crippen molar-refractivity contribution in [3.63, 3.8) is 0 Å². The van der Waals surface area contributed by atoms with Crippen molar-refractivity contribution < 1.29 is 9.84 Å². The van der Waals surface area contributed by atoms with E-state index in [0.717, 1.165) is 42.9 Å². The highest BCUT2D eigenvalue weighted by atomic mass is 16.5. The van der Waals surface area contributed by atoms with Crippen LogP contribution in [0.4, 0.5) is 5.69 Å². The Bertz CT molecular complexity index is 721. The zero-order valence-electron chi connectivity index (χ0n) is 14.5. The molecule has 0 radical (unpaired) electrons. The minimum absolute atomic E-state index is 0.0612. The van der Waals surface area contributed by atoms with Gasteiger partial charge < -0.3 is 14.7 Å². The molecular formula is C21H25NO2. The predicted molar refractivity (Wildman–Crippen MR) is 99.1 cm³/mol. The second kappa shape index (κ2) is 7.00. The average molecular weight is 323 g/mol. The normalized spacial score (nSPS) is 16.4. The number of anilines is 1. The van der Waals surface area contributed by atoms with Crippen LogP contribution in [-0.2, 0) is 12.8 Å². The van der Waals surface area contributed by atoms with Crippen molar-refractivity contribution in [2.24, 2.45) is 0 Å². The van der Waals surface area contributed by atoms with Crippen molar-refractivity contribution >= 4 is 5.69 Å². The maximum Gasteiger partial charge on any atom is 0.146 e. The summed E-state index contributed by atoms with van der Waals surface area (Å²) in [4.78, 5) is 2.28. The number of aryl methyl sites for hydroxylation is 1. The molecule has 126 valence electrons. The molecule has 0 amide bonds. The number of fused-ring (bicyclic) bond motifs is 1. The molecule has 0 aromatic heterocycles. The van der Waals surface area contributed by atoms with Crippen LogP contribution in [0, 0.1) is 0 Å². The largest absolute Gasteiger partial charge is 0.508 e. The van der Waals surface area contributed by atoms with Gasteiger partial charge in [0.25, 0.3) is 0 Å². The molecule has 0 aliphatic carbocycles. The standard InChI is InChI=1S/C21H25NO2/c1-4-16-5-7-17(8-6-16)11-19-14-22(13-15(2)3)20-10-9-18(23)12-21(20)24-19/h5-10,12,19,23H,2,4,11,13-14H2,1,3H3. The van der Waals surface area contributed by atoms with Gasteiger partial charge in [-0.1, -0.05) is 43.3 Å². The molecular weight excluding hydrogens is 298 g/mol. The molecule has 0 spiro atoms. The Labute approximate surface area is 144 Å². The van der Waals surface area contributed by atoms with E-state index < -0.39 is 0 Å². The molecule has 1 aliphatic heterocycles. The number of hydrogen-bond acceptors (Lipinski definition) is 3. The summed E-state index contributed by atoms with van der Waals surface area (Å²) in [6, 6.07) is 14.1. The SMILES string of the molecule is C=C(C)CN1CC(Cc2ccc(CC)cc2)Oc2cc(O)ccc21. The van der Waals surface area contributed by atoms with E-state index in [2.05, 4.69) is 42.7 Å². The quantitative estimate of drug-likeness (QED) is 0.831. The highest BCUT2D eigenvalue weighted by Gasteiger charge is 2.26. The summed E-state index contributed by atoms with van der Waals surface area (Å²) in [6.07, 6.45) is 1.97. The van der Waals surface area contributed by atoms with Crippen molar-refractivity contribution in [2.75, 3.05) is 18.0 Å². The summed E-state index contributed by atoms with van der Waals surface area (Å²) in [5.74, 6) is 0.981. The first-order valence-corrected chi connectivity index (χ1v) is 8.52. The third kappa shape index (κ3) is 3.73. The summed E-state index contributed by atoms with van der Waals surface area (Å²) in [5, 5.41) is 9.77. The van der Waals surface area contributed by atoms with Gasteiger partial charge in [-0.25, -0.2) is 0 Å². The Balaban J connectivity index is 1.80. The van der Waals surface area contributed by atoms with Gasteiger partial charge in [-0.05, 0) is 36.6 Å². The monoisotopic (exact) mass is 323 g/mol. The fraction of sp³-hybridized carbons (Fsp3) is 0.333. The molecule has 1 heterocycles. The van der Waals surface area contributed by atoms with Crippen molar-refractivity contribution in [1.82, 2.24) is 0 Å². The van der Waals surface area contributed by atoms with Crippen LogP contribution in [0.15, 0.2) is 54.6 Å². The van der Waals surface area contributed by atoms with E-state index in [-0.39, 0.29) is 11.9 Å².